The third-order valence-corrected chi connectivity index (χ3v) is 2.60. The van der Waals surface area contributed by atoms with Crippen molar-refractivity contribution in [1.82, 2.24) is 0 Å². The van der Waals surface area contributed by atoms with E-state index < -0.39 is 29.9 Å². The first-order valence-electron chi connectivity index (χ1n) is 6.22. The van der Waals surface area contributed by atoms with E-state index >= 15 is 0 Å². The van der Waals surface area contributed by atoms with Gasteiger partial charge in [0.1, 0.15) is 0 Å². The molecule has 0 spiro atoms. The Morgan fingerprint density at radius 1 is 0.900 bits per heavy atom. The summed E-state index contributed by atoms with van der Waals surface area (Å²) in [6.45, 7) is 3.02. The van der Waals surface area contributed by atoms with Gasteiger partial charge in [0.2, 0.25) is 0 Å². The molecular weight excluding hydrogens is 264 g/mol. The number of hydrogen-bond acceptors (Lipinski definition) is 6. The van der Waals surface area contributed by atoms with Gasteiger partial charge in [0.15, 0.2) is 17.7 Å². The fraction of sp³-hybridized carbons (Fsp3) is 0.429. The molecule has 108 valence electrons. The van der Waals surface area contributed by atoms with Crippen molar-refractivity contribution >= 4 is 23.5 Å². The summed E-state index contributed by atoms with van der Waals surface area (Å²) < 4.78 is 9.77. The number of ketones is 2. The van der Waals surface area contributed by atoms with E-state index in [2.05, 4.69) is 0 Å². The van der Waals surface area contributed by atoms with Gasteiger partial charge in [-0.15, -0.1) is 0 Å². The number of rotatable bonds is 0. The van der Waals surface area contributed by atoms with Gasteiger partial charge in [-0.3, -0.25) is 9.59 Å². The maximum atomic E-state index is 11.6. The largest absolute Gasteiger partial charge is 0.459 e. The Bertz CT molecular complexity index is 474. The van der Waals surface area contributed by atoms with E-state index in [-0.39, 0.29) is 12.2 Å². The SMILES string of the molecule is CC1CCC(=O)C=CC(=O)OC(C)C(=O)C=CC(=O)O1. The summed E-state index contributed by atoms with van der Waals surface area (Å²) in [4.78, 5) is 45.8. The average molecular weight is 280 g/mol. The van der Waals surface area contributed by atoms with Crippen molar-refractivity contribution in [3.63, 3.8) is 0 Å². The number of hydrogen-bond donors (Lipinski definition) is 0. The van der Waals surface area contributed by atoms with Crippen LogP contribution in [-0.2, 0) is 28.7 Å². The second-order valence-corrected chi connectivity index (χ2v) is 4.40. The molecule has 0 radical (unpaired) electrons. The van der Waals surface area contributed by atoms with Crippen molar-refractivity contribution in [1.29, 1.82) is 0 Å². The Hall–Kier alpha value is -2.24. The maximum absolute atomic E-state index is 11.6. The second kappa shape index (κ2) is 7.37. The lowest BCUT2D eigenvalue weighted by molar-refractivity contribution is -0.147. The molecule has 1 aliphatic rings. The van der Waals surface area contributed by atoms with Crippen molar-refractivity contribution in [3.8, 4) is 0 Å². The zero-order chi connectivity index (χ0) is 15.1. The van der Waals surface area contributed by atoms with E-state index in [1.165, 1.54) is 6.92 Å². The highest BCUT2D eigenvalue weighted by molar-refractivity contribution is 6.00. The van der Waals surface area contributed by atoms with Crippen LogP contribution in [0.25, 0.3) is 0 Å². The van der Waals surface area contributed by atoms with Gasteiger partial charge in [0, 0.05) is 18.6 Å². The quantitative estimate of drug-likeness (QED) is 0.612. The summed E-state index contributed by atoms with van der Waals surface area (Å²) in [5, 5.41) is 0. The van der Waals surface area contributed by atoms with E-state index in [1.54, 1.807) is 6.92 Å². The van der Waals surface area contributed by atoms with Crippen molar-refractivity contribution in [3.05, 3.63) is 24.3 Å². The van der Waals surface area contributed by atoms with Gasteiger partial charge >= 0.3 is 11.9 Å². The van der Waals surface area contributed by atoms with Crippen molar-refractivity contribution in [2.24, 2.45) is 0 Å². The monoisotopic (exact) mass is 280 g/mol. The minimum atomic E-state index is -1.04. The fourth-order valence-electron chi connectivity index (χ4n) is 1.44. The molecule has 0 fully saturated rings. The summed E-state index contributed by atoms with van der Waals surface area (Å²) in [6, 6.07) is 0. The van der Waals surface area contributed by atoms with Crippen LogP contribution in [0.3, 0.4) is 0 Å². The number of cyclic esters (lactones) is 2. The van der Waals surface area contributed by atoms with Crippen LogP contribution in [-0.4, -0.2) is 35.7 Å². The van der Waals surface area contributed by atoms with Crippen LogP contribution in [0.4, 0.5) is 0 Å². The molecule has 0 aromatic carbocycles. The molecule has 1 aliphatic heterocycles. The third kappa shape index (κ3) is 5.60. The summed E-state index contributed by atoms with van der Waals surface area (Å²) in [5.41, 5.74) is 0. The number of ether oxygens (including phenoxy) is 2. The van der Waals surface area contributed by atoms with Gasteiger partial charge in [0.25, 0.3) is 0 Å². The van der Waals surface area contributed by atoms with Crippen LogP contribution in [0.15, 0.2) is 24.3 Å². The molecule has 1 heterocycles. The molecule has 0 amide bonds. The van der Waals surface area contributed by atoms with Gasteiger partial charge < -0.3 is 9.47 Å². The second-order valence-electron chi connectivity index (χ2n) is 4.40. The maximum Gasteiger partial charge on any atom is 0.331 e. The summed E-state index contributed by atoms with van der Waals surface area (Å²) in [6.07, 6.45) is 3.06. The number of carbonyl (C=O) groups excluding carboxylic acids is 4. The lowest BCUT2D eigenvalue weighted by atomic mass is 10.1. The van der Waals surface area contributed by atoms with Crippen molar-refractivity contribution in [2.75, 3.05) is 0 Å². The third-order valence-electron chi connectivity index (χ3n) is 2.60. The molecule has 0 aromatic rings. The Kier molecular flexibility index (Phi) is 5.83. The molecule has 0 aliphatic carbocycles. The van der Waals surface area contributed by atoms with Crippen LogP contribution in [0.5, 0.6) is 0 Å². The highest BCUT2D eigenvalue weighted by Gasteiger charge is 2.16. The van der Waals surface area contributed by atoms with Crippen LogP contribution < -0.4 is 0 Å². The van der Waals surface area contributed by atoms with Gasteiger partial charge in [0.05, 0.1) is 6.10 Å². The van der Waals surface area contributed by atoms with E-state index in [0.29, 0.717) is 6.42 Å². The van der Waals surface area contributed by atoms with Crippen molar-refractivity contribution in [2.45, 2.75) is 38.9 Å². The minimum Gasteiger partial charge on any atom is -0.459 e. The molecule has 1 rings (SSSR count). The van der Waals surface area contributed by atoms with E-state index in [0.717, 1.165) is 24.3 Å². The predicted octanol–water partition coefficient (Wildman–Crippen LogP) is 0.894. The van der Waals surface area contributed by atoms with E-state index in [9.17, 15) is 19.2 Å². The smallest absolute Gasteiger partial charge is 0.331 e. The molecule has 20 heavy (non-hydrogen) atoms. The average Bonchev–Trinajstić information content (AvgIpc) is 2.39. The van der Waals surface area contributed by atoms with Gasteiger partial charge in [-0.25, -0.2) is 9.59 Å². The van der Waals surface area contributed by atoms with Crippen LogP contribution in [0.1, 0.15) is 26.7 Å². The van der Waals surface area contributed by atoms with E-state index in [1.807, 2.05) is 0 Å². The molecule has 6 nitrogen and oxygen atoms in total. The van der Waals surface area contributed by atoms with Gasteiger partial charge in [-0.2, -0.15) is 0 Å². The highest BCUT2D eigenvalue weighted by atomic mass is 16.5. The normalized spacial score (nSPS) is 25.9. The molecule has 0 saturated heterocycles. The Morgan fingerprint density at radius 3 is 2.20 bits per heavy atom. The summed E-state index contributed by atoms with van der Waals surface area (Å²) in [5.74, 6) is -2.28. The zero-order valence-corrected chi connectivity index (χ0v) is 11.3. The van der Waals surface area contributed by atoms with Crippen LogP contribution in [0.2, 0.25) is 0 Å². The Labute approximate surface area is 116 Å². The molecule has 0 N–H and O–H groups in total. The number of carbonyl (C=O) groups is 4. The first-order chi connectivity index (χ1) is 9.38. The predicted molar refractivity (Wildman–Crippen MR) is 68.6 cm³/mol. The standard InChI is InChI=1S/C14H16O6/c1-9-3-4-11(15)5-7-14(18)20-10(2)12(16)6-8-13(17)19-9/h5-10H,3-4H2,1-2H3. The molecule has 2 unspecified atom stereocenters. The van der Waals surface area contributed by atoms with Gasteiger partial charge in [-0.1, -0.05) is 0 Å². The van der Waals surface area contributed by atoms with Gasteiger partial charge in [-0.05, 0) is 32.4 Å². The van der Waals surface area contributed by atoms with Crippen molar-refractivity contribution < 1.29 is 28.7 Å². The minimum absolute atomic E-state index is 0.149. The Balaban J connectivity index is 2.85. The highest BCUT2D eigenvalue weighted by Crippen LogP contribution is 2.05. The molecule has 0 bridgehead atoms. The summed E-state index contributed by atoms with van der Waals surface area (Å²) in [7, 11) is 0. The molecular formula is C14H16O6. The number of esters is 2. The molecule has 6 heteroatoms. The Morgan fingerprint density at radius 2 is 1.50 bits per heavy atom. The molecule has 0 aromatic heterocycles. The summed E-state index contributed by atoms with van der Waals surface area (Å²) >= 11 is 0. The fourth-order valence-corrected chi connectivity index (χ4v) is 1.44. The lowest BCUT2D eigenvalue weighted by Crippen LogP contribution is -2.22. The van der Waals surface area contributed by atoms with Crippen LogP contribution in [0, 0.1) is 0 Å². The lowest BCUT2D eigenvalue weighted by Gasteiger charge is -2.11. The topological polar surface area (TPSA) is 86.7 Å². The van der Waals surface area contributed by atoms with E-state index in [4.69, 9.17) is 9.47 Å². The van der Waals surface area contributed by atoms with Crippen LogP contribution >= 0.6 is 0 Å². The number of allylic oxidation sites excluding steroid dienone is 1. The zero-order valence-electron chi connectivity index (χ0n) is 11.3. The first kappa shape index (κ1) is 15.8. The first-order valence-corrected chi connectivity index (χ1v) is 6.22. The molecule has 2 atom stereocenters. The molecule has 0 saturated carbocycles.